The maximum atomic E-state index is 11.6. The second-order valence-corrected chi connectivity index (χ2v) is 5.67. The van der Waals surface area contributed by atoms with Gasteiger partial charge in [-0.25, -0.2) is 4.79 Å². The summed E-state index contributed by atoms with van der Waals surface area (Å²) in [6.45, 7) is 5.32. The summed E-state index contributed by atoms with van der Waals surface area (Å²) in [6.07, 6.45) is 5.45. The number of carbonyl (C=O) groups excluding carboxylic acids is 1. The first kappa shape index (κ1) is 13.6. The Morgan fingerprint density at radius 3 is 2.95 bits per heavy atom. The van der Waals surface area contributed by atoms with Crippen molar-refractivity contribution in [2.75, 3.05) is 33.3 Å². The lowest BCUT2D eigenvalue weighted by Crippen LogP contribution is -2.35. The number of likely N-dealkylation sites (tertiary alicyclic amines) is 2. The summed E-state index contributed by atoms with van der Waals surface area (Å²) in [5, 5.41) is 0. The van der Waals surface area contributed by atoms with Gasteiger partial charge < -0.3 is 9.15 Å². The van der Waals surface area contributed by atoms with Crippen molar-refractivity contribution < 1.29 is 13.9 Å². The standard InChI is InChI=1S/C15H22N2O3/c1-19-15(18)13-5-9-20-14(13)11-16-8-4-12(10-16)17-6-2-3-7-17/h5,9,12H,2-4,6-8,10-11H2,1H3/t12-/m0/s1. The Morgan fingerprint density at radius 2 is 2.20 bits per heavy atom. The average Bonchev–Trinajstić information content (AvgIpc) is 3.19. The first-order chi connectivity index (χ1) is 9.78. The van der Waals surface area contributed by atoms with Crippen molar-refractivity contribution in [2.24, 2.45) is 0 Å². The summed E-state index contributed by atoms with van der Waals surface area (Å²) in [4.78, 5) is 16.6. The normalized spacial score (nSPS) is 24.4. The van der Waals surface area contributed by atoms with Crippen molar-refractivity contribution in [2.45, 2.75) is 31.8 Å². The Labute approximate surface area is 119 Å². The van der Waals surface area contributed by atoms with Crippen molar-refractivity contribution in [3.63, 3.8) is 0 Å². The summed E-state index contributed by atoms with van der Waals surface area (Å²) in [6, 6.07) is 2.36. The average molecular weight is 278 g/mol. The van der Waals surface area contributed by atoms with Crippen LogP contribution in [0.4, 0.5) is 0 Å². The van der Waals surface area contributed by atoms with Crippen LogP contribution in [0.3, 0.4) is 0 Å². The third-order valence-corrected chi connectivity index (χ3v) is 4.42. The highest BCUT2D eigenvalue weighted by atomic mass is 16.5. The maximum absolute atomic E-state index is 11.6. The Hall–Kier alpha value is -1.33. The molecule has 1 atom stereocenters. The van der Waals surface area contributed by atoms with Gasteiger partial charge in [0.05, 0.1) is 19.9 Å². The molecule has 0 aromatic carbocycles. The van der Waals surface area contributed by atoms with E-state index in [4.69, 9.17) is 9.15 Å². The zero-order chi connectivity index (χ0) is 13.9. The third kappa shape index (κ3) is 2.74. The van der Waals surface area contributed by atoms with Crippen molar-refractivity contribution >= 4 is 5.97 Å². The number of furan rings is 1. The van der Waals surface area contributed by atoms with E-state index >= 15 is 0 Å². The number of ether oxygens (including phenoxy) is 1. The van der Waals surface area contributed by atoms with E-state index < -0.39 is 0 Å². The SMILES string of the molecule is COC(=O)c1ccoc1CN1CC[C@H](N2CCCC2)C1. The van der Waals surface area contributed by atoms with E-state index in [2.05, 4.69) is 9.80 Å². The van der Waals surface area contributed by atoms with Crippen LogP contribution in [0.1, 0.15) is 35.4 Å². The third-order valence-electron chi connectivity index (χ3n) is 4.42. The van der Waals surface area contributed by atoms with Gasteiger partial charge in [0.2, 0.25) is 0 Å². The molecule has 5 heteroatoms. The van der Waals surface area contributed by atoms with Gasteiger partial charge in [-0.3, -0.25) is 9.80 Å². The molecule has 0 aliphatic carbocycles. The van der Waals surface area contributed by atoms with Gasteiger partial charge in [0.25, 0.3) is 0 Å². The van der Waals surface area contributed by atoms with Gasteiger partial charge >= 0.3 is 5.97 Å². The molecule has 1 aromatic rings. The first-order valence-corrected chi connectivity index (χ1v) is 7.39. The summed E-state index contributed by atoms with van der Waals surface area (Å²) < 4.78 is 10.2. The van der Waals surface area contributed by atoms with Crippen LogP contribution in [0.5, 0.6) is 0 Å². The number of carbonyl (C=O) groups is 1. The second-order valence-electron chi connectivity index (χ2n) is 5.67. The number of esters is 1. The molecular formula is C15H22N2O3. The van der Waals surface area contributed by atoms with Crippen molar-refractivity contribution in [1.29, 1.82) is 0 Å². The van der Waals surface area contributed by atoms with Crippen LogP contribution in [0.15, 0.2) is 16.7 Å². The second kappa shape index (κ2) is 5.97. The molecule has 110 valence electrons. The largest absolute Gasteiger partial charge is 0.467 e. The van der Waals surface area contributed by atoms with E-state index in [0.717, 1.165) is 18.8 Å². The van der Waals surface area contributed by atoms with Crippen molar-refractivity contribution in [3.05, 3.63) is 23.7 Å². The zero-order valence-electron chi connectivity index (χ0n) is 12.0. The van der Waals surface area contributed by atoms with Crippen LogP contribution >= 0.6 is 0 Å². The lowest BCUT2D eigenvalue weighted by Gasteiger charge is -2.23. The summed E-state index contributed by atoms with van der Waals surface area (Å²) >= 11 is 0. The van der Waals surface area contributed by atoms with Crippen LogP contribution in [0, 0.1) is 0 Å². The number of methoxy groups -OCH3 is 1. The Bertz CT molecular complexity index is 465. The molecule has 2 aliphatic heterocycles. The minimum absolute atomic E-state index is 0.316. The van der Waals surface area contributed by atoms with Crippen LogP contribution in [0.25, 0.3) is 0 Å². The number of hydrogen-bond acceptors (Lipinski definition) is 5. The number of hydrogen-bond donors (Lipinski definition) is 0. The molecule has 0 radical (unpaired) electrons. The molecule has 1 aromatic heterocycles. The highest BCUT2D eigenvalue weighted by Gasteiger charge is 2.30. The van der Waals surface area contributed by atoms with E-state index in [1.807, 2.05) is 0 Å². The smallest absolute Gasteiger partial charge is 0.341 e. The Balaban J connectivity index is 1.59. The van der Waals surface area contributed by atoms with Gasteiger partial charge in [0.1, 0.15) is 11.3 Å². The zero-order valence-corrected chi connectivity index (χ0v) is 12.0. The van der Waals surface area contributed by atoms with Crippen LogP contribution in [-0.2, 0) is 11.3 Å². The Kier molecular flexibility index (Phi) is 4.08. The monoisotopic (exact) mass is 278 g/mol. The molecule has 0 spiro atoms. The fourth-order valence-electron chi connectivity index (χ4n) is 3.32. The number of nitrogens with zero attached hydrogens (tertiary/aromatic N) is 2. The molecule has 3 rings (SSSR count). The molecule has 2 aliphatic rings. The maximum Gasteiger partial charge on any atom is 0.341 e. The van der Waals surface area contributed by atoms with Gasteiger partial charge in [-0.1, -0.05) is 0 Å². The lowest BCUT2D eigenvalue weighted by molar-refractivity contribution is 0.0596. The van der Waals surface area contributed by atoms with Gasteiger partial charge in [0.15, 0.2) is 0 Å². The van der Waals surface area contributed by atoms with Crippen LogP contribution < -0.4 is 0 Å². The quantitative estimate of drug-likeness (QED) is 0.785. The van der Waals surface area contributed by atoms with Gasteiger partial charge in [0, 0.05) is 19.1 Å². The lowest BCUT2D eigenvalue weighted by atomic mass is 10.2. The molecule has 2 fully saturated rings. The molecule has 0 N–H and O–H groups in total. The van der Waals surface area contributed by atoms with Crippen LogP contribution in [-0.4, -0.2) is 55.1 Å². The minimum atomic E-state index is -0.316. The van der Waals surface area contributed by atoms with Crippen molar-refractivity contribution in [3.8, 4) is 0 Å². The molecule has 0 saturated carbocycles. The topological polar surface area (TPSA) is 45.9 Å². The summed E-state index contributed by atoms with van der Waals surface area (Å²) in [5.41, 5.74) is 0.553. The first-order valence-electron chi connectivity index (χ1n) is 7.39. The summed E-state index contributed by atoms with van der Waals surface area (Å²) in [7, 11) is 1.40. The molecular weight excluding hydrogens is 256 g/mol. The van der Waals surface area contributed by atoms with E-state index in [-0.39, 0.29) is 5.97 Å². The molecule has 0 unspecified atom stereocenters. The van der Waals surface area contributed by atoms with Gasteiger partial charge in [-0.05, 0) is 38.4 Å². The van der Waals surface area contributed by atoms with E-state index in [1.165, 1.54) is 39.5 Å². The van der Waals surface area contributed by atoms with E-state index in [0.29, 0.717) is 18.2 Å². The molecule has 20 heavy (non-hydrogen) atoms. The molecule has 0 bridgehead atoms. The molecule has 3 heterocycles. The van der Waals surface area contributed by atoms with Gasteiger partial charge in [-0.15, -0.1) is 0 Å². The molecule has 5 nitrogen and oxygen atoms in total. The highest BCUT2D eigenvalue weighted by Crippen LogP contribution is 2.23. The van der Waals surface area contributed by atoms with E-state index in [9.17, 15) is 4.79 Å². The summed E-state index contributed by atoms with van der Waals surface area (Å²) in [5.74, 6) is 0.406. The van der Waals surface area contributed by atoms with Crippen LogP contribution in [0.2, 0.25) is 0 Å². The highest BCUT2D eigenvalue weighted by molar-refractivity contribution is 5.90. The fourth-order valence-corrected chi connectivity index (χ4v) is 3.32. The van der Waals surface area contributed by atoms with Crippen molar-refractivity contribution in [1.82, 2.24) is 9.80 Å². The van der Waals surface area contributed by atoms with E-state index in [1.54, 1.807) is 12.3 Å². The molecule has 0 amide bonds. The predicted molar refractivity (Wildman–Crippen MR) is 74.5 cm³/mol. The minimum Gasteiger partial charge on any atom is -0.467 e. The Morgan fingerprint density at radius 1 is 1.40 bits per heavy atom. The molecule has 2 saturated heterocycles. The predicted octanol–water partition coefficient (Wildman–Crippen LogP) is 1.74. The number of rotatable bonds is 4. The van der Waals surface area contributed by atoms with Gasteiger partial charge in [-0.2, -0.15) is 0 Å². The fraction of sp³-hybridized carbons (Fsp3) is 0.667.